The first-order valence-electron chi connectivity index (χ1n) is 9.81. The summed E-state index contributed by atoms with van der Waals surface area (Å²) in [6.45, 7) is 1.75. The molecule has 0 saturated heterocycles. The highest BCUT2D eigenvalue weighted by Gasteiger charge is 2.23. The second-order valence-electron chi connectivity index (χ2n) is 6.97. The van der Waals surface area contributed by atoms with Gasteiger partial charge >= 0.3 is 5.97 Å². The Balaban J connectivity index is 1.50. The summed E-state index contributed by atoms with van der Waals surface area (Å²) in [4.78, 5) is 37.1. The third-order valence-electron chi connectivity index (χ3n) is 4.75. The summed E-state index contributed by atoms with van der Waals surface area (Å²) < 4.78 is 5.46. The highest BCUT2D eigenvalue weighted by atomic mass is 35.5. The van der Waals surface area contributed by atoms with Crippen LogP contribution in [0.1, 0.15) is 23.7 Å². The zero-order valence-corrected chi connectivity index (χ0v) is 18.4. The van der Waals surface area contributed by atoms with E-state index in [4.69, 9.17) is 27.9 Å². The number of ether oxygens (including phenoxy) is 1. The number of pyridine rings is 1. The van der Waals surface area contributed by atoms with Gasteiger partial charge in [0.2, 0.25) is 0 Å². The molecule has 0 saturated carbocycles. The highest BCUT2D eigenvalue weighted by molar-refractivity contribution is 6.35. The number of hydrogen-bond donors (Lipinski definition) is 2. The molecule has 7 nitrogen and oxygen atoms in total. The molecule has 32 heavy (non-hydrogen) atoms. The average Bonchev–Trinajstić information content (AvgIpc) is 3.23. The first kappa shape index (κ1) is 21.8. The molecule has 0 aliphatic heterocycles. The number of H-pyrrole nitrogens is 1. The van der Waals surface area contributed by atoms with E-state index in [-0.39, 0.29) is 6.42 Å². The molecule has 2 N–H and O–H groups in total. The lowest BCUT2D eigenvalue weighted by Crippen LogP contribution is -2.32. The maximum Gasteiger partial charge on any atom is 0.338 e. The van der Waals surface area contributed by atoms with Crippen molar-refractivity contribution in [1.29, 1.82) is 0 Å². The first-order chi connectivity index (χ1) is 15.4. The van der Waals surface area contributed by atoms with E-state index in [1.807, 2.05) is 12.1 Å². The van der Waals surface area contributed by atoms with Gasteiger partial charge in [0.1, 0.15) is 5.82 Å². The number of nitrogens with one attached hydrogen (secondary N) is 2. The van der Waals surface area contributed by atoms with Crippen LogP contribution in [-0.4, -0.2) is 32.9 Å². The summed E-state index contributed by atoms with van der Waals surface area (Å²) in [5, 5.41) is 3.41. The van der Waals surface area contributed by atoms with Crippen LogP contribution in [0.25, 0.3) is 22.4 Å². The van der Waals surface area contributed by atoms with Crippen LogP contribution in [0.15, 0.2) is 60.9 Å². The number of carbonyl (C=O) groups excluding carboxylic acids is 2. The van der Waals surface area contributed by atoms with E-state index in [0.717, 1.165) is 5.56 Å². The van der Waals surface area contributed by atoms with Crippen LogP contribution < -0.4 is 5.32 Å². The third kappa shape index (κ3) is 4.74. The van der Waals surface area contributed by atoms with E-state index in [1.54, 1.807) is 49.6 Å². The second kappa shape index (κ2) is 9.38. The molecule has 1 unspecified atom stereocenters. The molecule has 2 aromatic carbocycles. The summed E-state index contributed by atoms with van der Waals surface area (Å²) in [6, 6.07) is 13.4. The van der Waals surface area contributed by atoms with Gasteiger partial charge in [-0.2, -0.15) is 0 Å². The van der Waals surface area contributed by atoms with E-state index in [2.05, 4.69) is 20.3 Å². The summed E-state index contributed by atoms with van der Waals surface area (Å²) in [7, 11) is 0. The molecule has 0 fully saturated rings. The molecule has 162 valence electrons. The molecule has 2 aromatic heterocycles. The van der Waals surface area contributed by atoms with Gasteiger partial charge in [0.05, 0.1) is 27.3 Å². The van der Waals surface area contributed by atoms with Gasteiger partial charge in [-0.05, 0) is 55.0 Å². The van der Waals surface area contributed by atoms with E-state index < -0.39 is 18.0 Å². The van der Waals surface area contributed by atoms with Crippen LogP contribution in [0.4, 0.5) is 5.69 Å². The van der Waals surface area contributed by atoms with E-state index in [0.29, 0.717) is 38.2 Å². The molecular weight excluding hydrogens is 451 g/mol. The molecule has 1 amide bonds. The molecule has 0 bridgehead atoms. The normalized spacial score (nSPS) is 11.8. The lowest BCUT2D eigenvalue weighted by atomic mass is 10.2. The summed E-state index contributed by atoms with van der Waals surface area (Å²) in [6.07, 6.45) is 2.67. The van der Waals surface area contributed by atoms with Crippen molar-refractivity contribution in [2.75, 3.05) is 5.32 Å². The average molecular weight is 469 g/mol. The monoisotopic (exact) mass is 468 g/mol. The number of amides is 1. The number of esters is 1. The topological polar surface area (TPSA) is 97.0 Å². The molecule has 0 radical (unpaired) electrons. The van der Waals surface area contributed by atoms with Crippen molar-refractivity contribution >= 4 is 51.8 Å². The number of halogens is 2. The van der Waals surface area contributed by atoms with Gasteiger partial charge < -0.3 is 15.0 Å². The number of imidazole rings is 1. The molecule has 9 heteroatoms. The van der Waals surface area contributed by atoms with Gasteiger partial charge in [0.25, 0.3) is 5.91 Å². The number of fused-ring (bicyclic) bond motifs is 1. The lowest BCUT2D eigenvalue weighted by Gasteiger charge is -2.17. The summed E-state index contributed by atoms with van der Waals surface area (Å²) in [5.41, 5.74) is 2.84. The molecule has 0 spiro atoms. The quantitative estimate of drug-likeness (QED) is 0.363. The largest absolute Gasteiger partial charge is 0.449 e. The van der Waals surface area contributed by atoms with E-state index >= 15 is 0 Å². The minimum absolute atomic E-state index is 0.285. The van der Waals surface area contributed by atoms with Crippen LogP contribution in [-0.2, 0) is 9.53 Å². The number of aromatic nitrogens is 3. The number of carbonyl (C=O) groups is 2. The van der Waals surface area contributed by atoms with Crippen LogP contribution in [0, 0.1) is 0 Å². The Kier molecular flexibility index (Phi) is 6.39. The maximum absolute atomic E-state index is 12.7. The first-order valence-corrected chi connectivity index (χ1v) is 10.6. The van der Waals surface area contributed by atoms with Crippen molar-refractivity contribution in [3.05, 3.63) is 76.5 Å². The molecular formula is C23H18Cl2N4O3. The second-order valence-corrected chi connectivity index (χ2v) is 7.82. The van der Waals surface area contributed by atoms with Gasteiger partial charge in [0, 0.05) is 23.0 Å². The van der Waals surface area contributed by atoms with Crippen molar-refractivity contribution in [2.24, 2.45) is 0 Å². The van der Waals surface area contributed by atoms with Crippen molar-refractivity contribution in [3.63, 3.8) is 0 Å². The zero-order chi connectivity index (χ0) is 22.7. The van der Waals surface area contributed by atoms with Crippen molar-refractivity contribution in [1.82, 2.24) is 15.0 Å². The van der Waals surface area contributed by atoms with Gasteiger partial charge in [-0.1, -0.05) is 30.1 Å². The zero-order valence-electron chi connectivity index (χ0n) is 16.9. The SMILES string of the molecule is CCC(OC(=O)c1ccc2nc(-c3cccnc3)[nH]c2c1)C(=O)Nc1cc(Cl)ccc1Cl. The van der Waals surface area contributed by atoms with Crippen molar-refractivity contribution in [3.8, 4) is 11.4 Å². The van der Waals surface area contributed by atoms with Gasteiger partial charge in [-0.25, -0.2) is 9.78 Å². The number of hydrogen-bond acceptors (Lipinski definition) is 5. The number of aromatic amines is 1. The van der Waals surface area contributed by atoms with Gasteiger partial charge in [-0.3, -0.25) is 9.78 Å². The number of anilines is 1. The van der Waals surface area contributed by atoms with Crippen LogP contribution in [0.5, 0.6) is 0 Å². The number of benzene rings is 2. The fourth-order valence-electron chi connectivity index (χ4n) is 3.10. The predicted molar refractivity (Wildman–Crippen MR) is 124 cm³/mol. The highest BCUT2D eigenvalue weighted by Crippen LogP contribution is 2.26. The molecule has 1 atom stereocenters. The molecule has 0 aliphatic carbocycles. The Labute approximate surface area is 193 Å². The van der Waals surface area contributed by atoms with Crippen LogP contribution >= 0.6 is 23.2 Å². The Morgan fingerprint density at radius 1 is 1.16 bits per heavy atom. The fourth-order valence-corrected chi connectivity index (χ4v) is 3.44. The maximum atomic E-state index is 12.7. The molecule has 4 rings (SSSR count). The fraction of sp³-hybridized carbons (Fsp3) is 0.130. The molecule has 2 heterocycles. The summed E-state index contributed by atoms with van der Waals surface area (Å²) in [5.74, 6) is -0.474. The van der Waals surface area contributed by atoms with Crippen LogP contribution in [0.2, 0.25) is 10.0 Å². The minimum Gasteiger partial charge on any atom is -0.449 e. The number of rotatable bonds is 6. The third-order valence-corrected chi connectivity index (χ3v) is 5.32. The van der Waals surface area contributed by atoms with E-state index in [1.165, 1.54) is 6.07 Å². The Morgan fingerprint density at radius 3 is 2.75 bits per heavy atom. The summed E-state index contributed by atoms with van der Waals surface area (Å²) >= 11 is 12.1. The molecule has 4 aromatic rings. The smallest absolute Gasteiger partial charge is 0.338 e. The predicted octanol–water partition coefficient (Wildman–Crippen LogP) is 5.51. The van der Waals surface area contributed by atoms with E-state index in [9.17, 15) is 9.59 Å². The van der Waals surface area contributed by atoms with Crippen LogP contribution in [0.3, 0.4) is 0 Å². The standard InChI is InChI=1S/C23H18Cl2N4O3/c1-2-20(22(30)29-18-11-15(24)6-7-16(18)25)32-23(31)13-5-8-17-19(10-13)28-21(27-17)14-4-3-9-26-12-14/h3-12,20H,2H2,1H3,(H,27,28)(H,29,30). The Bertz CT molecular complexity index is 1290. The Morgan fingerprint density at radius 2 is 2.00 bits per heavy atom. The van der Waals surface area contributed by atoms with Gasteiger partial charge in [0.15, 0.2) is 6.10 Å². The van der Waals surface area contributed by atoms with Crippen molar-refractivity contribution < 1.29 is 14.3 Å². The Hall–Kier alpha value is -3.42. The lowest BCUT2D eigenvalue weighted by molar-refractivity contribution is -0.124. The van der Waals surface area contributed by atoms with Gasteiger partial charge in [-0.15, -0.1) is 0 Å². The minimum atomic E-state index is -0.999. The molecule has 0 aliphatic rings. The van der Waals surface area contributed by atoms with Crippen molar-refractivity contribution in [2.45, 2.75) is 19.4 Å². The number of nitrogens with zero attached hydrogens (tertiary/aromatic N) is 2.